The van der Waals surface area contributed by atoms with Crippen LogP contribution >= 0.6 is 11.3 Å². The number of aliphatic hydroxyl groups is 1. The Balaban J connectivity index is 2.09. The van der Waals surface area contributed by atoms with E-state index in [9.17, 15) is 15.0 Å². The average molecular weight is 408 g/mol. The smallest absolute Gasteiger partial charge is 0.408 e. The van der Waals surface area contributed by atoms with Crippen LogP contribution in [0.25, 0.3) is 0 Å². The highest BCUT2D eigenvalue weighted by atomic mass is 32.1. The lowest BCUT2D eigenvalue weighted by Crippen LogP contribution is -2.58. The summed E-state index contributed by atoms with van der Waals surface area (Å²) < 4.78 is 5.22. The minimum atomic E-state index is -1.05. The van der Waals surface area contributed by atoms with E-state index < -0.39 is 23.8 Å². The molecule has 0 spiro atoms. The number of carbonyl (C=O) groups is 1. The van der Waals surface area contributed by atoms with E-state index in [0.717, 1.165) is 16.3 Å². The van der Waals surface area contributed by atoms with Gasteiger partial charge in [-0.25, -0.2) is 9.78 Å². The molecule has 154 valence electrons. The average Bonchev–Trinajstić information content (AvgIpc) is 3.13. The Morgan fingerprint density at radius 2 is 2.14 bits per heavy atom. The first-order chi connectivity index (χ1) is 13.2. The van der Waals surface area contributed by atoms with E-state index in [1.54, 1.807) is 13.3 Å². The molecule has 0 aliphatic rings. The maximum Gasteiger partial charge on any atom is 0.408 e. The summed E-state index contributed by atoms with van der Waals surface area (Å²) in [7, 11) is 1.62. The minimum Gasteiger partial charge on any atom is -0.497 e. The second-order valence-electron chi connectivity index (χ2n) is 7.57. The summed E-state index contributed by atoms with van der Waals surface area (Å²) in [6.07, 6.45) is 0.112. The highest BCUT2D eigenvalue weighted by molar-refractivity contribution is 7.09. The lowest BCUT2D eigenvalue weighted by molar-refractivity contribution is 0.00768. The monoisotopic (exact) mass is 407 g/mol. The predicted octanol–water partition coefficient (Wildman–Crippen LogP) is 2.99. The molecule has 0 unspecified atom stereocenters. The Hall–Kier alpha value is -2.16. The number of nitrogens with one attached hydrogen (secondary N) is 1. The molecule has 0 bridgehead atoms. The molecule has 1 amide bonds. The van der Waals surface area contributed by atoms with Gasteiger partial charge >= 0.3 is 6.09 Å². The number of methoxy groups -OCH3 is 1. The number of amides is 1. The van der Waals surface area contributed by atoms with E-state index in [4.69, 9.17) is 4.74 Å². The maximum absolute atomic E-state index is 11.9. The Morgan fingerprint density at radius 3 is 2.71 bits per heavy atom. The van der Waals surface area contributed by atoms with Crippen molar-refractivity contribution >= 4 is 17.4 Å². The topological polar surface area (TPSA) is 94.9 Å². The zero-order chi connectivity index (χ0) is 20.7. The molecule has 0 fully saturated rings. The molecule has 2 rings (SSSR count). The van der Waals surface area contributed by atoms with E-state index in [1.165, 1.54) is 16.2 Å². The Morgan fingerprint density at radius 1 is 1.39 bits per heavy atom. The number of hydrogen-bond donors (Lipinski definition) is 3. The molecular formula is C20H29N3O4S. The van der Waals surface area contributed by atoms with Crippen LogP contribution in [-0.4, -0.2) is 57.5 Å². The number of thiazole rings is 1. The second-order valence-corrected chi connectivity index (χ2v) is 8.55. The van der Waals surface area contributed by atoms with Gasteiger partial charge in [-0.2, -0.15) is 0 Å². The summed E-state index contributed by atoms with van der Waals surface area (Å²) in [5.41, 5.74) is 0.371. The van der Waals surface area contributed by atoms with Gasteiger partial charge in [0.05, 0.1) is 24.3 Å². The number of rotatable bonds is 9. The van der Waals surface area contributed by atoms with Crippen LogP contribution in [-0.2, 0) is 13.0 Å². The molecule has 7 nitrogen and oxygen atoms in total. The molecule has 0 aliphatic heterocycles. The van der Waals surface area contributed by atoms with E-state index in [2.05, 4.69) is 10.3 Å². The lowest BCUT2D eigenvalue weighted by Gasteiger charge is -2.41. The van der Waals surface area contributed by atoms with Gasteiger partial charge < -0.3 is 20.3 Å². The molecule has 0 saturated heterocycles. The summed E-state index contributed by atoms with van der Waals surface area (Å²) in [5.74, 6) is 0.770. The highest BCUT2D eigenvalue weighted by Crippen LogP contribution is 2.23. The van der Waals surface area contributed by atoms with Crippen molar-refractivity contribution in [3.8, 4) is 5.75 Å². The van der Waals surface area contributed by atoms with Crippen molar-refractivity contribution in [3.05, 3.63) is 46.4 Å². The summed E-state index contributed by atoms with van der Waals surface area (Å²) in [6, 6.07) is 7.06. The van der Waals surface area contributed by atoms with Gasteiger partial charge in [0, 0.05) is 36.6 Å². The Bertz CT molecular complexity index is 746. The van der Waals surface area contributed by atoms with Crippen molar-refractivity contribution in [3.63, 3.8) is 0 Å². The van der Waals surface area contributed by atoms with Gasteiger partial charge in [0.1, 0.15) is 5.75 Å². The molecule has 1 aromatic carbocycles. The Labute approximate surface area is 170 Å². The third kappa shape index (κ3) is 6.19. The van der Waals surface area contributed by atoms with Crippen LogP contribution in [0, 0.1) is 0 Å². The first-order valence-electron chi connectivity index (χ1n) is 9.14. The molecule has 3 N–H and O–H groups in total. The largest absolute Gasteiger partial charge is 0.497 e. The minimum absolute atomic E-state index is 0.257. The Kier molecular flexibility index (Phi) is 7.79. The zero-order valence-electron chi connectivity index (χ0n) is 16.8. The van der Waals surface area contributed by atoms with Gasteiger partial charge in [-0.05, 0) is 38.5 Å². The standard InChI is InChI=1S/C20H29N3O4S/c1-20(2,3)23(19(25)26)16(11-18-22-8-9-28-18)17(24)13-21-12-14-6-5-7-15(10-14)27-4/h5-10,16-17,21,24H,11-13H2,1-4H3,(H,25,26)/t16-,17-/m0/s1. The zero-order valence-corrected chi connectivity index (χ0v) is 17.6. The molecule has 0 saturated carbocycles. The SMILES string of the molecule is COc1cccc(CNC[C@H](O)[C@H](Cc2nccs2)N(C(=O)O)C(C)(C)C)c1. The predicted molar refractivity (Wildman–Crippen MR) is 110 cm³/mol. The fraction of sp³-hybridized carbons (Fsp3) is 0.500. The van der Waals surface area contributed by atoms with Crippen LogP contribution in [0.2, 0.25) is 0 Å². The lowest BCUT2D eigenvalue weighted by atomic mass is 9.98. The number of nitrogens with zero attached hydrogens (tertiary/aromatic N) is 2. The van der Waals surface area contributed by atoms with Crippen molar-refractivity contribution in [2.24, 2.45) is 0 Å². The van der Waals surface area contributed by atoms with Crippen molar-refractivity contribution in [1.29, 1.82) is 0 Å². The fourth-order valence-corrected chi connectivity index (χ4v) is 3.81. The van der Waals surface area contributed by atoms with Crippen LogP contribution in [0.4, 0.5) is 4.79 Å². The normalized spacial score (nSPS) is 13.8. The van der Waals surface area contributed by atoms with Gasteiger partial charge in [-0.15, -0.1) is 11.3 Å². The molecule has 0 aliphatic carbocycles. The molecule has 8 heteroatoms. The van der Waals surface area contributed by atoms with Gasteiger partial charge in [0.25, 0.3) is 0 Å². The maximum atomic E-state index is 11.9. The van der Waals surface area contributed by atoms with Gasteiger partial charge in [0.15, 0.2) is 0 Å². The summed E-state index contributed by atoms with van der Waals surface area (Å²) in [4.78, 5) is 17.5. The number of ether oxygens (including phenoxy) is 1. The van der Waals surface area contributed by atoms with E-state index in [1.807, 2.05) is 50.4 Å². The first kappa shape index (κ1) is 22.1. The van der Waals surface area contributed by atoms with Gasteiger partial charge in [0.2, 0.25) is 0 Å². The fourth-order valence-electron chi connectivity index (χ4n) is 3.14. The third-order valence-electron chi connectivity index (χ3n) is 4.39. The molecule has 28 heavy (non-hydrogen) atoms. The second kappa shape index (κ2) is 9.86. The van der Waals surface area contributed by atoms with Crippen molar-refractivity contribution in [2.45, 2.75) is 51.4 Å². The van der Waals surface area contributed by atoms with Crippen LogP contribution in [0.15, 0.2) is 35.8 Å². The summed E-state index contributed by atoms with van der Waals surface area (Å²) >= 11 is 1.46. The molecule has 0 radical (unpaired) electrons. The first-order valence-corrected chi connectivity index (χ1v) is 10.0. The summed E-state index contributed by atoms with van der Waals surface area (Å²) in [5, 5.41) is 26.5. The molecule has 1 aromatic heterocycles. The molecule has 2 aromatic rings. The quantitative estimate of drug-likeness (QED) is 0.592. The van der Waals surface area contributed by atoms with Crippen molar-refractivity contribution < 1.29 is 19.7 Å². The van der Waals surface area contributed by atoms with E-state index in [-0.39, 0.29) is 6.54 Å². The number of aromatic nitrogens is 1. The molecule has 2 atom stereocenters. The number of carboxylic acid groups (broad SMARTS) is 1. The summed E-state index contributed by atoms with van der Waals surface area (Å²) in [6.45, 7) is 6.28. The van der Waals surface area contributed by atoms with Crippen LogP contribution in [0.1, 0.15) is 31.3 Å². The van der Waals surface area contributed by atoms with Gasteiger partial charge in [-0.1, -0.05) is 12.1 Å². The van der Waals surface area contributed by atoms with Crippen LogP contribution in [0.5, 0.6) is 5.75 Å². The number of benzene rings is 1. The molecular weight excluding hydrogens is 378 g/mol. The third-order valence-corrected chi connectivity index (χ3v) is 5.19. The van der Waals surface area contributed by atoms with Crippen LogP contribution < -0.4 is 10.1 Å². The van der Waals surface area contributed by atoms with Gasteiger partial charge in [-0.3, -0.25) is 4.90 Å². The van der Waals surface area contributed by atoms with E-state index in [0.29, 0.717) is 13.0 Å². The van der Waals surface area contributed by atoms with Crippen LogP contribution in [0.3, 0.4) is 0 Å². The van der Waals surface area contributed by atoms with E-state index >= 15 is 0 Å². The van der Waals surface area contributed by atoms with Crippen molar-refractivity contribution in [1.82, 2.24) is 15.2 Å². The van der Waals surface area contributed by atoms with Crippen molar-refractivity contribution in [2.75, 3.05) is 13.7 Å². The molecule has 1 heterocycles. The number of hydrogen-bond acceptors (Lipinski definition) is 6. The highest BCUT2D eigenvalue weighted by Gasteiger charge is 2.37. The number of aliphatic hydroxyl groups excluding tert-OH is 1.